The molecule has 1 heterocycles. The minimum atomic E-state index is -1.02. The van der Waals surface area contributed by atoms with E-state index in [0.717, 1.165) is 25.0 Å². The van der Waals surface area contributed by atoms with Crippen LogP contribution in [0.15, 0.2) is 18.2 Å². The Bertz CT molecular complexity index is 549. The number of halogens is 2. The van der Waals surface area contributed by atoms with Crippen LogP contribution < -0.4 is 0 Å². The lowest BCUT2D eigenvalue weighted by atomic mass is 9.90. The van der Waals surface area contributed by atoms with E-state index in [1.165, 1.54) is 11.0 Å². The predicted molar refractivity (Wildman–Crippen MR) is 72.3 cm³/mol. The molecule has 1 fully saturated rings. The van der Waals surface area contributed by atoms with Crippen molar-refractivity contribution in [2.24, 2.45) is 5.92 Å². The first kappa shape index (κ1) is 14.8. The second-order valence-electron chi connectivity index (χ2n) is 5.03. The van der Waals surface area contributed by atoms with Gasteiger partial charge in [-0.15, -0.1) is 0 Å². The normalized spacial score (nSPS) is 22.6. The molecule has 4 nitrogen and oxygen atoms in total. The Morgan fingerprint density at radius 3 is 2.75 bits per heavy atom. The van der Waals surface area contributed by atoms with Crippen LogP contribution in [0.3, 0.4) is 0 Å². The topological polar surface area (TPSA) is 57.6 Å². The van der Waals surface area contributed by atoms with Crippen molar-refractivity contribution in [2.45, 2.75) is 25.8 Å². The number of aliphatic carboxylic acids is 1. The van der Waals surface area contributed by atoms with Gasteiger partial charge in [-0.2, -0.15) is 0 Å². The van der Waals surface area contributed by atoms with Crippen molar-refractivity contribution in [1.29, 1.82) is 0 Å². The molecule has 0 radical (unpaired) electrons. The second-order valence-corrected chi connectivity index (χ2v) is 5.43. The molecular formula is C14H15ClFNO3. The van der Waals surface area contributed by atoms with E-state index >= 15 is 0 Å². The van der Waals surface area contributed by atoms with Gasteiger partial charge in [0.1, 0.15) is 11.9 Å². The third kappa shape index (κ3) is 2.77. The number of hydrogen-bond acceptors (Lipinski definition) is 2. The Morgan fingerprint density at radius 1 is 1.45 bits per heavy atom. The highest BCUT2D eigenvalue weighted by molar-refractivity contribution is 6.33. The predicted octanol–water partition coefficient (Wildman–Crippen LogP) is 2.80. The van der Waals surface area contributed by atoms with Crippen LogP contribution in [-0.4, -0.2) is 34.5 Å². The summed E-state index contributed by atoms with van der Waals surface area (Å²) in [5, 5.41) is 9.30. The number of carboxylic acids is 1. The molecule has 0 bridgehead atoms. The van der Waals surface area contributed by atoms with Gasteiger partial charge in [0.25, 0.3) is 5.91 Å². The largest absolute Gasteiger partial charge is 0.480 e. The van der Waals surface area contributed by atoms with Crippen LogP contribution in [0.5, 0.6) is 0 Å². The molecule has 0 spiro atoms. The summed E-state index contributed by atoms with van der Waals surface area (Å²) in [7, 11) is 0. The van der Waals surface area contributed by atoms with Gasteiger partial charge >= 0.3 is 5.97 Å². The maximum Gasteiger partial charge on any atom is 0.326 e. The van der Waals surface area contributed by atoms with Gasteiger partial charge in [0, 0.05) is 6.54 Å². The van der Waals surface area contributed by atoms with Gasteiger partial charge in [-0.3, -0.25) is 4.79 Å². The quantitative estimate of drug-likeness (QED) is 0.913. The first-order chi connectivity index (χ1) is 9.41. The van der Waals surface area contributed by atoms with E-state index in [-0.39, 0.29) is 16.5 Å². The smallest absolute Gasteiger partial charge is 0.326 e. The van der Waals surface area contributed by atoms with Crippen LogP contribution in [0.1, 0.15) is 30.1 Å². The molecular weight excluding hydrogens is 285 g/mol. The lowest BCUT2D eigenvalue weighted by Crippen LogP contribution is -2.52. The number of rotatable bonds is 2. The van der Waals surface area contributed by atoms with Crippen molar-refractivity contribution in [3.05, 3.63) is 34.6 Å². The maximum absolute atomic E-state index is 13.0. The van der Waals surface area contributed by atoms with E-state index in [2.05, 4.69) is 0 Å². The van der Waals surface area contributed by atoms with Crippen LogP contribution in [0.25, 0.3) is 0 Å². The van der Waals surface area contributed by atoms with Gasteiger partial charge in [-0.25, -0.2) is 9.18 Å². The highest BCUT2D eigenvalue weighted by Gasteiger charge is 2.37. The molecule has 2 unspecified atom stereocenters. The molecule has 6 heteroatoms. The number of nitrogens with zero attached hydrogens (tertiary/aromatic N) is 1. The molecule has 1 aromatic carbocycles. The summed E-state index contributed by atoms with van der Waals surface area (Å²) in [5.74, 6) is -2.14. The summed E-state index contributed by atoms with van der Waals surface area (Å²) in [4.78, 5) is 25.1. The molecule has 2 atom stereocenters. The third-order valence-electron chi connectivity index (χ3n) is 3.61. The van der Waals surface area contributed by atoms with Crippen LogP contribution in [0.4, 0.5) is 4.39 Å². The van der Waals surface area contributed by atoms with Gasteiger partial charge in [0.15, 0.2) is 0 Å². The van der Waals surface area contributed by atoms with E-state index in [1.54, 1.807) is 0 Å². The summed E-state index contributed by atoms with van der Waals surface area (Å²) in [6, 6.07) is 2.62. The number of hydrogen-bond donors (Lipinski definition) is 1. The second kappa shape index (κ2) is 5.79. The van der Waals surface area contributed by atoms with Gasteiger partial charge in [0.05, 0.1) is 10.6 Å². The number of benzene rings is 1. The minimum absolute atomic E-state index is 0.00244. The minimum Gasteiger partial charge on any atom is -0.480 e. The molecule has 1 amide bonds. The van der Waals surface area contributed by atoms with Gasteiger partial charge < -0.3 is 10.0 Å². The maximum atomic E-state index is 13.0. The number of likely N-dealkylation sites (tertiary alicyclic amines) is 1. The van der Waals surface area contributed by atoms with Gasteiger partial charge in [0.2, 0.25) is 0 Å². The monoisotopic (exact) mass is 299 g/mol. The number of carbonyl (C=O) groups is 2. The SMILES string of the molecule is CC1CCCN(C(=O)c2ccc(F)cc2Cl)C1C(=O)O. The van der Waals surface area contributed by atoms with Crippen molar-refractivity contribution >= 4 is 23.5 Å². The molecule has 1 N–H and O–H groups in total. The molecule has 1 aliphatic heterocycles. The van der Waals surface area contributed by atoms with Crippen molar-refractivity contribution in [1.82, 2.24) is 4.90 Å². The van der Waals surface area contributed by atoms with Crippen molar-refractivity contribution < 1.29 is 19.1 Å². The third-order valence-corrected chi connectivity index (χ3v) is 3.92. The zero-order chi connectivity index (χ0) is 14.9. The molecule has 1 saturated heterocycles. The molecule has 20 heavy (non-hydrogen) atoms. The lowest BCUT2D eigenvalue weighted by molar-refractivity contribution is -0.145. The van der Waals surface area contributed by atoms with Crippen LogP contribution in [0.2, 0.25) is 5.02 Å². The van der Waals surface area contributed by atoms with Gasteiger partial charge in [-0.05, 0) is 37.0 Å². The zero-order valence-corrected chi connectivity index (χ0v) is 11.7. The number of carboxylic acid groups (broad SMARTS) is 1. The van der Waals surface area contributed by atoms with E-state index < -0.39 is 23.7 Å². The molecule has 0 saturated carbocycles. The molecule has 0 aliphatic carbocycles. The Morgan fingerprint density at radius 2 is 2.15 bits per heavy atom. The fourth-order valence-corrected chi connectivity index (χ4v) is 2.86. The summed E-state index contributed by atoms with van der Waals surface area (Å²) in [6.07, 6.45) is 1.51. The summed E-state index contributed by atoms with van der Waals surface area (Å²) >= 11 is 5.87. The van der Waals surface area contributed by atoms with E-state index in [0.29, 0.717) is 6.54 Å². The molecule has 1 aromatic rings. The Balaban J connectivity index is 2.33. The number of carbonyl (C=O) groups excluding carboxylic acids is 1. The molecule has 2 rings (SSSR count). The van der Waals surface area contributed by atoms with Gasteiger partial charge in [-0.1, -0.05) is 18.5 Å². The first-order valence-corrected chi connectivity index (χ1v) is 6.78. The van der Waals surface area contributed by atoms with Crippen LogP contribution >= 0.6 is 11.6 Å². The fraction of sp³-hybridized carbons (Fsp3) is 0.429. The van der Waals surface area contributed by atoms with Crippen molar-refractivity contribution in [2.75, 3.05) is 6.54 Å². The van der Waals surface area contributed by atoms with Crippen molar-refractivity contribution in [3.63, 3.8) is 0 Å². The highest BCUT2D eigenvalue weighted by atomic mass is 35.5. The average molecular weight is 300 g/mol. The standard InChI is InChI=1S/C14H15ClFNO3/c1-8-3-2-6-17(12(8)14(19)20)13(18)10-5-4-9(16)7-11(10)15/h4-5,7-8,12H,2-3,6H2,1H3,(H,19,20). The number of piperidine rings is 1. The van der Waals surface area contributed by atoms with Crippen LogP contribution in [-0.2, 0) is 4.79 Å². The fourth-order valence-electron chi connectivity index (χ4n) is 2.61. The summed E-state index contributed by atoms with van der Waals surface area (Å²) in [6.45, 7) is 2.18. The van der Waals surface area contributed by atoms with E-state index in [4.69, 9.17) is 11.6 Å². The highest BCUT2D eigenvalue weighted by Crippen LogP contribution is 2.27. The Hall–Kier alpha value is -1.62. The first-order valence-electron chi connectivity index (χ1n) is 6.40. The number of amides is 1. The van der Waals surface area contributed by atoms with Crippen molar-refractivity contribution in [3.8, 4) is 0 Å². The molecule has 108 valence electrons. The summed E-state index contributed by atoms with van der Waals surface area (Å²) < 4.78 is 13.0. The Labute approximate surface area is 121 Å². The average Bonchev–Trinajstić information content (AvgIpc) is 2.37. The zero-order valence-electron chi connectivity index (χ0n) is 11.0. The Kier molecular flexibility index (Phi) is 4.28. The molecule has 1 aliphatic rings. The molecule has 0 aromatic heterocycles. The lowest BCUT2D eigenvalue weighted by Gasteiger charge is -2.37. The summed E-state index contributed by atoms with van der Waals surface area (Å²) in [5.41, 5.74) is 0.133. The van der Waals surface area contributed by atoms with E-state index in [9.17, 15) is 19.1 Å². The van der Waals surface area contributed by atoms with Crippen LogP contribution in [0, 0.1) is 11.7 Å². The van der Waals surface area contributed by atoms with E-state index in [1.807, 2.05) is 6.92 Å².